The first-order valence-corrected chi connectivity index (χ1v) is 12.5. The van der Waals surface area contributed by atoms with Crippen LogP contribution in [0.4, 0.5) is 14.9 Å². The lowest BCUT2D eigenvalue weighted by Gasteiger charge is -2.31. The Morgan fingerprint density at radius 1 is 0.971 bits per heavy atom. The van der Waals surface area contributed by atoms with Gasteiger partial charge in [-0.3, -0.25) is 4.79 Å². The highest BCUT2D eigenvalue weighted by Gasteiger charge is 2.37. The first kappa shape index (κ1) is 24.2. The highest BCUT2D eigenvalue weighted by atomic mass is 19.1. The molecule has 1 aliphatic heterocycles. The number of halogens is 1. The lowest BCUT2D eigenvalue weighted by molar-refractivity contribution is -0.134. The third kappa shape index (κ3) is 7.03. The first-order valence-electron chi connectivity index (χ1n) is 12.5. The van der Waals surface area contributed by atoms with E-state index in [0.717, 1.165) is 58.2 Å². The monoisotopic (exact) mass is 466 g/mol. The zero-order chi connectivity index (χ0) is 23.8. The maximum atomic E-state index is 13.1. The molecule has 2 aromatic carbocycles. The Morgan fingerprint density at radius 3 is 2.44 bits per heavy atom. The van der Waals surface area contributed by atoms with E-state index >= 15 is 0 Å². The number of carbonyl (C=O) groups is 2. The van der Waals surface area contributed by atoms with Crippen LogP contribution in [0.25, 0.3) is 0 Å². The van der Waals surface area contributed by atoms with E-state index in [-0.39, 0.29) is 17.8 Å². The van der Waals surface area contributed by atoms with Gasteiger partial charge in [0.1, 0.15) is 11.9 Å². The molecular formula is C27H35FN4O2. The van der Waals surface area contributed by atoms with E-state index in [1.807, 2.05) is 47.4 Å². The number of amides is 3. The summed E-state index contributed by atoms with van der Waals surface area (Å²) in [7, 11) is 0. The van der Waals surface area contributed by atoms with Crippen LogP contribution in [-0.4, -0.2) is 48.6 Å². The Labute approximate surface area is 201 Å². The molecular weight excluding hydrogens is 431 g/mol. The van der Waals surface area contributed by atoms with Gasteiger partial charge in [0, 0.05) is 30.7 Å². The summed E-state index contributed by atoms with van der Waals surface area (Å²) < 4.78 is 13.1. The van der Waals surface area contributed by atoms with Gasteiger partial charge in [0.25, 0.3) is 0 Å². The molecule has 1 saturated carbocycles. The highest BCUT2D eigenvalue weighted by Crippen LogP contribution is 2.40. The van der Waals surface area contributed by atoms with Crippen molar-refractivity contribution >= 4 is 17.6 Å². The van der Waals surface area contributed by atoms with E-state index in [1.54, 1.807) is 0 Å². The standard InChI is InChI=1S/C27H35FN4O2/c28-21-14-12-20(13-15-21)23-19-25(23)29-16-6-5-11-24(26(33)32-17-7-2-8-18-32)31-27(34)30-22-9-3-1-4-10-22/h1,3-4,9-10,12-15,23-25,29H,2,5-8,11,16-19H2,(H2,30,31,34)/t23-,24?,25+/m0/s1. The summed E-state index contributed by atoms with van der Waals surface area (Å²) in [6.45, 7) is 2.40. The van der Waals surface area contributed by atoms with Gasteiger partial charge in [0.05, 0.1) is 0 Å². The maximum Gasteiger partial charge on any atom is 0.319 e. The van der Waals surface area contributed by atoms with Crippen molar-refractivity contribution in [3.8, 4) is 0 Å². The molecule has 4 rings (SSSR count). The summed E-state index contributed by atoms with van der Waals surface area (Å²) in [5.74, 6) is 0.278. The molecule has 2 aliphatic rings. The molecule has 0 spiro atoms. The van der Waals surface area contributed by atoms with Gasteiger partial charge in [0.15, 0.2) is 0 Å². The molecule has 7 heteroatoms. The fraction of sp³-hybridized carbons (Fsp3) is 0.481. The molecule has 2 fully saturated rings. The Bertz CT molecular complexity index is 931. The quantitative estimate of drug-likeness (QED) is 0.447. The Kier molecular flexibility index (Phi) is 8.52. The number of piperidine rings is 1. The van der Waals surface area contributed by atoms with Gasteiger partial charge in [-0.1, -0.05) is 30.3 Å². The lowest BCUT2D eigenvalue weighted by atomic mass is 10.1. The number of urea groups is 1. The molecule has 6 nitrogen and oxygen atoms in total. The highest BCUT2D eigenvalue weighted by molar-refractivity contribution is 5.93. The average Bonchev–Trinajstić information content (AvgIpc) is 3.64. The summed E-state index contributed by atoms with van der Waals surface area (Å²) in [4.78, 5) is 27.6. The van der Waals surface area contributed by atoms with E-state index < -0.39 is 6.04 Å². The van der Waals surface area contributed by atoms with Crippen molar-refractivity contribution in [2.45, 2.75) is 62.9 Å². The zero-order valence-electron chi connectivity index (χ0n) is 19.6. The molecule has 1 saturated heterocycles. The molecule has 0 aromatic heterocycles. The Morgan fingerprint density at radius 2 is 1.71 bits per heavy atom. The second kappa shape index (κ2) is 12.0. The van der Waals surface area contributed by atoms with E-state index in [0.29, 0.717) is 24.1 Å². The van der Waals surface area contributed by atoms with Crippen molar-refractivity contribution < 1.29 is 14.0 Å². The number of anilines is 1. The van der Waals surface area contributed by atoms with E-state index in [2.05, 4.69) is 16.0 Å². The molecule has 1 heterocycles. The van der Waals surface area contributed by atoms with Crippen LogP contribution in [0.15, 0.2) is 54.6 Å². The number of nitrogens with one attached hydrogen (secondary N) is 3. The number of likely N-dealkylation sites (tertiary alicyclic amines) is 1. The van der Waals surface area contributed by atoms with Crippen LogP contribution < -0.4 is 16.0 Å². The third-order valence-electron chi connectivity index (χ3n) is 6.72. The van der Waals surface area contributed by atoms with Gasteiger partial charge >= 0.3 is 6.03 Å². The van der Waals surface area contributed by atoms with Crippen molar-refractivity contribution in [2.24, 2.45) is 0 Å². The normalized spacial score (nSPS) is 20.4. The van der Waals surface area contributed by atoms with Crippen molar-refractivity contribution in [3.05, 3.63) is 66.0 Å². The zero-order valence-corrected chi connectivity index (χ0v) is 19.6. The number of unbranched alkanes of at least 4 members (excludes halogenated alkanes) is 1. The predicted octanol–water partition coefficient (Wildman–Crippen LogP) is 4.64. The SMILES string of the molecule is O=C(Nc1ccccc1)NC(CCCCN[C@@H]1C[C@H]1c1ccc(F)cc1)C(=O)N1CCCCC1. The second-order valence-electron chi connectivity index (χ2n) is 9.35. The molecule has 182 valence electrons. The van der Waals surface area contributed by atoms with Crippen LogP contribution in [0.3, 0.4) is 0 Å². The summed E-state index contributed by atoms with van der Waals surface area (Å²) in [5, 5.41) is 9.31. The number of rotatable bonds is 10. The van der Waals surface area contributed by atoms with Crippen LogP contribution >= 0.6 is 0 Å². The predicted molar refractivity (Wildman–Crippen MR) is 132 cm³/mol. The number of nitrogens with zero attached hydrogens (tertiary/aromatic N) is 1. The van der Waals surface area contributed by atoms with Gasteiger partial charge in [-0.15, -0.1) is 0 Å². The van der Waals surface area contributed by atoms with Crippen molar-refractivity contribution in [2.75, 3.05) is 25.0 Å². The van der Waals surface area contributed by atoms with Crippen LogP contribution in [-0.2, 0) is 4.79 Å². The van der Waals surface area contributed by atoms with Gasteiger partial charge in [-0.2, -0.15) is 0 Å². The molecule has 1 aliphatic carbocycles. The minimum absolute atomic E-state index is 0.0226. The molecule has 3 amide bonds. The van der Waals surface area contributed by atoms with E-state index in [9.17, 15) is 14.0 Å². The molecule has 3 N–H and O–H groups in total. The maximum absolute atomic E-state index is 13.1. The lowest BCUT2D eigenvalue weighted by Crippen LogP contribution is -2.51. The molecule has 0 bridgehead atoms. The van der Waals surface area contributed by atoms with Crippen LogP contribution in [0.2, 0.25) is 0 Å². The second-order valence-corrected chi connectivity index (χ2v) is 9.35. The topological polar surface area (TPSA) is 73.5 Å². The van der Waals surface area contributed by atoms with E-state index in [1.165, 1.54) is 17.7 Å². The minimum Gasteiger partial charge on any atom is -0.341 e. The smallest absolute Gasteiger partial charge is 0.319 e. The first-order chi connectivity index (χ1) is 16.6. The van der Waals surface area contributed by atoms with E-state index in [4.69, 9.17) is 0 Å². The van der Waals surface area contributed by atoms with Gasteiger partial charge in [-0.25, -0.2) is 9.18 Å². The summed E-state index contributed by atoms with van der Waals surface area (Å²) in [6.07, 6.45) is 6.66. The Balaban J connectivity index is 1.22. The average molecular weight is 467 g/mol. The Hall–Kier alpha value is -2.93. The van der Waals surface area contributed by atoms with Gasteiger partial charge < -0.3 is 20.9 Å². The number of hydrogen-bond acceptors (Lipinski definition) is 3. The van der Waals surface area contributed by atoms with Gasteiger partial charge in [0.2, 0.25) is 5.91 Å². The van der Waals surface area contributed by atoms with Crippen LogP contribution in [0.1, 0.15) is 56.4 Å². The number of hydrogen-bond donors (Lipinski definition) is 3. The summed E-state index contributed by atoms with van der Waals surface area (Å²) in [5.41, 5.74) is 1.88. The largest absolute Gasteiger partial charge is 0.341 e. The fourth-order valence-electron chi connectivity index (χ4n) is 4.70. The molecule has 34 heavy (non-hydrogen) atoms. The summed E-state index contributed by atoms with van der Waals surface area (Å²) >= 11 is 0. The summed E-state index contributed by atoms with van der Waals surface area (Å²) in [6, 6.07) is 15.6. The van der Waals surface area contributed by atoms with Crippen molar-refractivity contribution in [1.29, 1.82) is 0 Å². The molecule has 0 radical (unpaired) electrons. The van der Waals surface area contributed by atoms with Crippen molar-refractivity contribution in [3.63, 3.8) is 0 Å². The van der Waals surface area contributed by atoms with Gasteiger partial charge in [-0.05, 0) is 81.3 Å². The van der Waals surface area contributed by atoms with Crippen LogP contribution in [0.5, 0.6) is 0 Å². The third-order valence-corrected chi connectivity index (χ3v) is 6.72. The fourth-order valence-corrected chi connectivity index (χ4v) is 4.70. The van der Waals surface area contributed by atoms with Crippen molar-refractivity contribution in [1.82, 2.24) is 15.5 Å². The molecule has 3 atom stereocenters. The molecule has 2 aromatic rings. The number of para-hydroxylation sites is 1. The van der Waals surface area contributed by atoms with Crippen LogP contribution in [0, 0.1) is 5.82 Å². The minimum atomic E-state index is -0.519. The number of benzene rings is 2. The molecule has 1 unspecified atom stereocenters. The number of carbonyl (C=O) groups excluding carboxylic acids is 2.